The molecule has 0 aliphatic carbocycles. The quantitative estimate of drug-likeness (QED) is 0.792. The molecule has 0 spiro atoms. The van der Waals surface area contributed by atoms with E-state index < -0.39 is 5.91 Å². The van der Waals surface area contributed by atoms with Crippen LogP contribution in [0.15, 0.2) is 30.3 Å². The molecule has 0 unspecified atom stereocenters. The highest BCUT2D eigenvalue weighted by molar-refractivity contribution is 5.92. The van der Waals surface area contributed by atoms with E-state index in [9.17, 15) is 4.79 Å². The van der Waals surface area contributed by atoms with Crippen LogP contribution in [0.2, 0.25) is 0 Å². The summed E-state index contributed by atoms with van der Waals surface area (Å²) in [5.41, 5.74) is 6.86. The molecule has 23 heavy (non-hydrogen) atoms. The van der Waals surface area contributed by atoms with Crippen LogP contribution in [0.5, 0.6) is 5.75 Å². The largest absolute Gasteiger partial charge is 0.497 e. The first-order chi connectivity index (χ1) is 11.1. The third kappa shape index (κ3) is 3.95. The van der Waals surface area contributed by atoms with E-state index in [-0.39, 0.29) is 12.3 Å². The summed E-state index contributed by atoms with van der Waals surface area (Å²) in [7, 11) is 1.58. The SMILES string of the molecule is CCN(CCO)c1nc(C(N)=O)cc(-c2cccc(OC)c2)n1. The van der Waals surface area contributed by atoms with E-state index in [0.29, 0.717) is 30.5 Å². The number of hydrogen-bond donors (Lipinski definition) is 2. The molecule has 1 aromatic carbocycles. The third-order valence-corrected chi connectivity index (χ3v) is 3.37. The highest BCUT2D eigenvalue weighted by atomic mass is 16.5. The predicted octanol–water partition coefficient (Wildman–Crippen LogP) is 1.07. The van der Waals surface area contributed by atoms with Crippen molar-refractivity contribution in [3.63, 3.8) is 0 Å². The Bertz CT molecular complexity index is 691. The number of aliphatic hydroxyl groups is 1. The van der Waals surface area contributed by atoms with E-state index in [0.717, 1.165) is 5.56 Å². The van der Waals surface area contributed by atoms with E-state index in [2.05, 4.69) is 9.97 Å². The lowest BCUT2D eigenvalue weighted by atomic mass is 10.1. The van der Waals surface area contributed by atoms with Crippen molar-refractivity contribution < 1.29 is 14.6 Å². The zero-order chi connectivity index (χ0) is 16.8. The molecule has 1 amide bonds. The van der Waals surface area contributed by atoms with Gasteiger partial charge in [-0.15, -0.1) is 0 Å². The average Bonchev–Trinajstić information content (AvgIpc) is 2.59. The number of ether oxygens (including phenoxy) is 1. The fraction of sp³-hybridized carbons (Fsp3) is 0.312. The predicted molar refractivity (Wildman–Crippen MR) is 87.5 cm³/mol. The molecule has 0 radical (unpaired) electrons. The van der Waals surface area contributed by atoms with E-state index in [1.165, 1.54) is 0 Å². The molecule has 7 heteroatoms. The van der Waals surface area contributed by atoms with Crippen LogP contribution in [0.25, 0.3) is 11.3 Å². The molecule has 122 valence electrons. The van der Waals surface area contributed by atoms with Gasteiger partial charge >= 0.3 is 0 Å². The number of primary amides is 1. The zero-order valence-corrected chi connectivity index (χ0v) is 13.2. The first kappa shape index (κ1) is 16.7. The summed E-state index contributed by atoms with van der Waals surface area (Å²) in [6.45, 7) is 2.85. The first-order valence-electron chi connectivity index (χ1n) is 7.28. The van der Waals surface area contributed by atoms with Gasteiger partial charge in [-0.2, -0.15) is 0 Å². The van der Waals surface area contributed by atoms with Gasteiger partial charge in [-0.3, -0.25) is 4.79 Å². The standard InChI is InChI=1S/C16H20N4O3/c1-3-20(7-8-21)16-18-13(10-14(19-16)15(17)22)11-5-4-6-12(9-11)23-2/h4-6,9-10,21H,3,7-8H2,1-2H3,(H2,17,22). The first-order valence-corrected chi connectivity index (χ1v) is 7.28. The molecular formula is C16H20N4O3. The lowest BCUT2D eigenvalue weighted by Crippen LogP contribution is -2.29. The van der Waals surface area contributed by atoms with Crippen molar-refractivity contribution in [1.82, 2.24) is 9.97 Å². The lowest BCUT2D eigenvalue weighted by molar-refractivity contribution is 0.0995. The second kappa shape index (κ2) is 7.55. The molecule has 0 aliphatic heterocycles. The summed E-state index contributed by atoms with van der Waals surface area (Å²) in [4.78, 5) is 22.0. The molecule has 0 saturated carbocycles. The highest BCUT2D eigenvalue weighted by Crippen LogP contribution is 2.24. The molecule has 2 aromatic rings. The number of benzene rings is 1. The number of nitrogens with zero attached hydrogens (tertiary/aromatic N) is 3. The second-order valence-corrected chi connectivity index (χ2v) is 4.84. The summed E-state index contributed by atoms with van der Waals surface area (Å²) in [6.07, 6.45) is 0. The number of rotatable bonds is 7. The Hall–Kier alpha value is -2.67. The minimum atomic E-state index is -0.627. The van der Waals surface area contributed by atoms with Crippen molar-refractivity contribution in [2.75, 3.05) is 31.7 Å². The maximum absolute atomic E-state index is 11.6. The number of methoxy groups -OCH3 is 1. The summed E-state index contributed by atoms with van der Waals surface area (Å²) in [5.74, 6) is 0.416. The van der Waals surface area contributed by atoms with Crippen LogP contribution in [0, 0.1) is 0 Å². The van der Waals surface area contributed by atoms with Gasteiger partial charge in [-0.25, -0.2) is 9.97 Å². The van der Waals surface area contributed by atoms with Crippen LogP contribution < -0.4 is 15.4 Å². The van der Waals surface area contributed by atoms with Gasteiger partial charge in [-0.05, 0) is 25.1 Å². The Labute approximate surface area is 134 Å². The van der Waals surface area contributed by atoms with E-state index in [1.54, 1.807) is 18.1 Å². The second-order valence-electron chi connectivity index (χ2n) is 4.84. The number of likely N-dealkylation sites (N-methyl/N-ethyl adjacent to an activating group) is 1. The number of anilines is 1. The highest BCUT2D eigenvalue weighted by Gasteiger charge is 2.14. The van der Waals surface area contributed by atoms with Gasteiger partial charge in [-0.1, -0.05) is 12.1 Å². The van der Waals surface area contributed by atoms with Gasteiger partial charge in [0.1, 0.15) is 11.4 Å². The molecule has 2 rings (SSSR count). The van der Waals surface area contributed by atoms with Crippen LogP contribution in [0.3, 0.4) is 0 Å². The van der Waals surface area contributed by atoms with E-state index in [1.807, 2.05) is 31.2 Å². The minimum Gasteiger partial charge on any atom is -0.497 e. The third-order valence-electron chi connectivity index (χ3n) is 3.37. The maximum atomic E-state index is 11.6. The van der Waals surface area contributed by atoms with Crippen LogP contribution in [-0.4, -0.2) is 47.8 Å². The van der Waals surface area contributed by atoms with Gasteiger partial charge in [0, 0.05) is 18.7 Å². The van der Waals surface area contributed by atoms with Crippen LogP contribution in [-0.2, 0) is 0 Å². The molecule has 0 fully saturated rings. The van der Waals surface area contributed by atoms with Crippen molar-refractivity contribution in [2.45, 2.75) is 6.92 Å². The Balaban J connectivity index is 2.53. The summed E-state index contributed by atoms with van der Waals surface area (Å²) in [6, 6.07) is 8.89. The average molecular weight is 316 g/mol. The number of carbonyl (C=O) groups excluding carboxylic acids is 1. The molecular weight excluding hydrogens is 296 g/mol. The summed E-state index contributed by atoms with van der Waals surface area (Å²) >= 11 is 0. The topological polar surface area (TPSA) is 102 Å². The number of aliphatic hydroxyl groups excluding tert-OH is 1. The molecule has 7 nitrogen and oxygen atoms in total. The van der Waals surface area contributed by atoms with Crippen LogP contribution >= 0.6 is 0 Å². The number of carbonyl (C=O) groups is 1. The van der Waals surface area contributed by atoms with Gasteiger partial charge in [0.05, 0.1) is 19.4 Å². The fourth-order valence-electron chi connectivity index (χ4n) is 2.15. The van der Waals surface area contributed by atoms with Crippen LogP contribution in [0.1, 0.15) is 17.4 Å². The smallest absolute Gasteiger partial charge is 0.267 e. The lowest BCUT2D eigenvalue weighted by Gasteiger charge is -2.20. The number of hydrogen-bond acceptors (Lipinski definition) is 6. The van der Waals surface area contributed by atoms with Crippen molar-refractivity contribution >= 4 is 11.9 Å². The van der Waals surface area contributed by atoms with Gasteiger partial charge in [0.2, 0.25) is 5.95 Å². The fourth-order valence-corrected chi connectivity index (χ4v) is 2.15. The molecule has 1 heterocycles. The molecule has 0 bridgehead atoms. The molecule has 1 aromatic heterocycles. The molecule has 0 atom stereocenters. The monoisotopic (exact) mass is 316 g/mol. The van der Waals surface area contributed by atoms with E-state index >= 15 is 0 Å². The maximum Gasteiger partial charge on any atom is 0.267 e. The minimum absolute atomic E-state index is 0.0352. The molecule has 0 aliphatic rings. The van der Waals surface area contributed by atoms with Crippen molar-refractivity contribution in [3.05, 3.63) is 36.0 Å². The Morgan fingerprint density at radius 3 is 2.74 bits per heavy atom. The molecule has 0 saturated heterocycles. The van der Waals surface area contributed by atoms with E-state index in [4.69, 9.17) is 15.6 Å². The van der Waals surface area contributed by atoms with Crippen molar-refractivity contribution in [2.24, 2.45) is 5.73 Å². The van der Waals surface area contributed by atoms with Gasteiger partial charge in [0.25, 0.3) is 5.91 Å². The van der Waals surface area contributed by atoms with Crippen LogP contribution in [0.4, 0.5) is 5.95 Å². The van der Waals surface area contributed by atoms with Crippen molar-refractivity contribution in [1.29, 1.82) is 0 Å². The van der Waals surface area contributed by atoms with Gasteiger partial charge in [0.15, 0.2) is 0 Å². The Morgan fingerprint density at radius 2 is 2.13 bits per heavy atom. The Kier molecular flexibility index (Phi) is 5.48. The normalized spacial score (nSPS) is 10.4. The molecule has 3 N–H and O–H groups in total. The number of nitrogens with two attached hydrogens (primary N) is 1. The summed E-state index contributed by atoms with van der Waals surface area (Å²) < 4.78 is 5.21. The van der Waals surface area contributed by atoms with Gasteiger partial charge < -0.3 is 20.5 Å². The number of aromatic nitrogens is 2. The summed E-state index contributed by atoms with van der Waals surface area (Å²) in [5, 5.41) is 9.16. The zero-order valence-electron chi connectivity index (χ0n) is 13.2. The Morgan fingerprint density at radius 1 is 1.35 bits per heavy atom. The number of amides is 1. The van der Waals surface area contributed by atoms with Crippen molar-refractivity contribution in [3.8, 4) is 17.0 Å².